The zero-order valence-electron chi connectivity index (χ0n) is 9.47. The van der Waals surface area contributed by atoms with Crippen molar-refractivity contribution in [3.63, 3.8) is 0 Å². The first kappa shape index (κ1) is 13.3. The van der Waals surface area contributed by atoms with Crippen LogP contribution in [-0.4, -0.2) is 43.2 Å². The molecule has 1 rings (SSSR count). The van der Waals surface area contributed by atoms with E-state index >= 15 is 0 Å². The average molecular weight is 238 g/mol. The lowest BCUT2D eigenvalue weighted by Crippen LogP contribution is -2.47. The standard InChI is InChI=1S/C10H17F3N2O/c1-14-7-3-5-8(6-4-7)15(2)9(16)10(11,12)13/h7-8,14H,3-6H2,1-2H3/t7-,8-. The van der Waals surface area contributed by atoms with Crippen molar-refractivity contribution in [1.82, 2.24) is 10.2 Å². The van der Waals surface area contributed by atoms with Gasteiger partial charge in [0.25, 0.3) is 0 Å². The van der Waals surface area contributed by atoms with Gasteiger partial charge in [-0.1, -0.05) is 0 Å². The fourth-order valence-electron chi connectivity index (χ4n) is 2.12. The number of hydrogen-bond acceptors (Lipinski definition) is 2. The Hall–Kier alpha value is -0.780. The molecule has 1 amide bonds. The van der Waals surface area contributed by atoms with Gasteiger partial charge in [-0.15, -0.1) is 0 Å². The Bertz CT molecular complexity index is 247. The molecule has 1 aliphatic rings. The number of alkyl halides is 3. The molecule has 0 atom stereocenters. The lowest BCUT2D eigenvalue weighted by Gasteiger charge is -2.34. The van der Waals surface area contributed by atoms with Gasteiger partial charge in [0.05, 0.1) is 0 Å². The summed E-state index contributed by atoms with van der Waals surface area (Å²) in [4.78, 5) is 11.8. The van der Waals surface area contributed by atoms with Crippen LogP contribution in [0.3, 0.4) is 0 Å². The van der Waals surface area contributed by atoms with Gasteiger partial charge in [0.15, 0.2) is 0 Å². The van der Waals surface area contributed by atoms with Crippen molar-refractivity contribution < 1.29 is 18.0 Å². The highest BCUT2D eigenvalue weighted by Crippen LogP contribution is 2.26. The second kappa shape index (κ2) is 5.03. The van der Waals surface area contributed by atoms with E-state index < -0.39 is 12.1 Å². The maximum absolute atomic E-state index is 12.2. The number of halogens is 3. The highest BCUT2D eigenvalue weighted by molar-refractivity contribution is 5.81. The predicted molar refractivity (Wildman–Crippen MR) is 53.9 cm³/mol. The topological polar surface area (TPSA) is 32.3 Å². The third kappa shape index (κ3) is 3.10. The van der Waals surface area contributed by atoms with Crippen LogP contribution in [0.1, 0.15) is 25.7 Å². The minimum absolute atomic E-state index is 0.279. The minimum Gasteiger partial charge on any atom is -0.335 e. The van der Waals surface area contributed by atoms with Crippen LogP contribution in [-0.2, 0) is 4.79 Å². The second-order valence-corrected chi connectivity index (χ2v) is 4.21. The Labute approximate surface area is 93.0 Å². The highest BCUT2D eigenvalue weighted by Gasteiger charge is 2.43. The highest BCUT2D eigenvalue weighted by atomic mass is 19.4. The monoisotopic (exact) mass is 238 g/mol. The summed E-state index contributed by atoms with van der Waals surface area (Å²) in [5.41, 5.74) is 0. The van der Waals surface area contributed by atoms with E-state index in [2.05, 4.69) is 5.32 Å². The summed E-state index contributed by atoms with van der Waals surface area (Å²) in [5.74, 6) is -1.74. The molecule has 0 aromatic carbocycles. The number of carbonyl (C=O) groups excluding carboxylic acids is 1. The van der Waals surface area contributed by atoms with E-state index in [0.29, 0.717) is 18.9 Å². The molecule has 0 saturated heterocycles. The predicted octanol–water partition coefficient (Wildman–Crippen LogP) is 1.54. The number of carbonyl (C=O) groups is 1. The number of nitrogens with zero attached hydrogens (tertiary/aromatic N) is 1. The van der Waals surface area contributed by atoms with Crippen LogP contribution < -0.4 is 5.32 Å². The summed E-state index contributed by atoms with van der Waals surface area (Å²) in [6, 6.07) is 0.0874. The van der Waals surface area contributed by atoms with Crippen LogP contribution in [0.25, 0.3) is 0 Å². The number of hydrogen-bond donors (Lipinski definition) is 1. The van der Waals surface area contributed by atoms with E-state index in [-0.39, 0.29) is 6.04 Å². The van der Waals surface area contributed by atoms with Crippen molar-refractivity contribution in [2.24, 2.45) is 0 Å². The van der Waals surface area contributed by atoms with Gasteiger partial charge >= 0.3 is 12.1 Å². The van der Waals surface area contributed by atoms with E-state index in [1.165, 1.54) is 7.05 Å². The molecule has 0 aliphatic heterocycles. The van der Waals surface area contributed by atoms with Crippen molar-refractivity contribution in [2.75, 3.05) is 14.1 Å². The zero-order valence-corrected chi connectivity index (χ0v) is 9.47. The van der Waals surface area contributed by atoms with E-state index in [1.54, 1.807) is 0 Å². The van der Waals surface area contributed by atoms with E-state index in [4.69, 9.17) is 0 Å². The summed E-state index contributed by atoms with van der Waals surface area (Å²) in [6.07, 6.45) is -1.87. The molecular formula is C10H17F3N2O. The zero-order chi connectivity index (χ0) is 12.3. The molecular weight excluding hydrogens is 221 g/mol. The molecule has 0 aromatic heterocycles. The van der Waals surface area contributed by atoms with E-state index in [1.807, 2.05) is 7.05 Å². The molecule has 0 unspecified atom stereocenters. The van der Waals surface area contributed by atoms with Gasteiger partial charge in [-0.05, 0) is 32.7 Å². The summed E-state index contributed by atoms with van der Waals surface area (Å²) < 4.78 is 36.6. The van der Waals surface area contributed by atoms with Crippen molar-refractivity contribution in [3.8, 4) is 0 Å². The Balaban J connectivity index is 2.50. The summed E-state index contributed by atoms with van der Waals surface area (Å²) in [7, 11) is 3.08. The van der Waals surface area contributed by atoms with Crippen LogP contribution >= 0.6 is 0 Å². The molecule has 1 aliphatic carbocycles. The summed E-state index contributed by atoms with van der Waals surface area (Å²) in [6.45, 7) is 0. The van der Waals surface area contributed by atoms with Crippen molar-refractivity contribution in [3.05, 3.63) is 0 Å². The fraction of sp³-hybridized carbons (Fsp3) is 0.900. The summed E-state index contributed by atoms with van der Waals surface area (Å²) >= 11 is 0. The van der Waals surface area contributed by atoms with Gasteiger partial charge in [0.2, 0.25) is 0 Å². The van der Waals surface area contributed by atoms with Crippen LogP contribution in [0, 0.1) is 0 Å². The first-order valence-corrected chi connectivity index (χ1v) is 5.37. The molecule has 1 fully saturated rings. The van der Waals surface area contributed by atoms with Gasteiger partial charge in [0.1, 0.15) is 0 Å². The molecule has 94 valence electrons. The SMILES string of the molecule is CN[C@H]1CC[C@H](N(C)C(=O)C(F)(F)F)CC1. The average Bonchev–Trinajstić information content (AvgIpc) is 2.26. The fourth-order valence-corrected chi connectivity index (χ4v) is 2.12. The lowest BCUT2D eigenvalue weighted by atomic mass is 9.90. The molecule has 0 radical (unpaired) electrons. The quantitative estimate of drug-likeness (QED) is 0.791. The molecule has 0 spiro atoms. The first-order chi connectivity index (χ1) is 7.36. The van der Waals surface area contributed by atoms with E-state index in [0.717, 1.165) is 17.7 Å². The van der Waals surface area contributed by atoms with Crippen LogP contribution in [0.4, 0.5) is 13.2 Å². The Morgan fingerprint density at radius 1 is 1.25 bits per heavy atom. The Morgan fingerprint density at radius 2 is 1.75 bits per heavy atom. The Morgan fingerprint density at radius 3 is 2.12 bits per heavy atom. The van der Waals surface area contributed by atoms with Crippen molar-refractivity contribution >= 4 is 5.91 Å². The molecule has 0 heterocycles. The number of nitrogens with one attached hydrogen (secondary N) is 1. The van der Waals surface area contributed by atoms with Crippen LogP contribution in [0.5, 0.6) is 0 Å². The lowest BCUT2D eigenvalue weighted by molar-refractivity contribution is -0.186. The molecule has 1 saturated carbocycles. The summed E-state index contributed by atoms with van der Waals surface area (Å²) in [5, 5.41) is 3.10. The molecule has 3 nitrogen and oxygen atoms in total. The van der Waals surface area contributed by atoms with Crippen molar-refractivity contribution in [1.29, 1.82) is 0 Å². The molecule has 6 heteroatoms. The second-order valence-electron chi connectivity index (χ2n) is 4.21. The van der Waals surface area contributed by atoms with Crippen LogP contribution in [0.2, 0.25) is 0 Å². The van der Waals surface area contributed by atoms with Gasteiger partial charge in [-0.25, -0.2) is 0 Å². The molecule has 0 aromatic rings. The first-order valence-electron chi connectivity index (χ1n) is 5.37. The van der Waals surface area contributed by atoms with E-state index in [9.17, 15) is 18.0 Å². The van der Waals surface area contributed by atoms with Crippen molar-refractivity contribution in [2.45, 2.75) is 43.9 Å². The largest absolute Gasteiger partial charge is 0.471 e. The molecule has 1 N–H and O–H groups in total. The third-order valence-corrected chi connectivity index (χ3v) is 3.22. The maximum Gasteiger partial charge on any atom is 0.471 e. The smallest absolute Gasteiger partial charge is 0.335 e. The van der Waals surface area contributed by atoms with Gasteiger partial charge in [0, 0.05) is 19.1 Å². The Kier molecular flexibility index (Phi) is 4.18. The maximum atomic E-state index is 12.2. The molecule has 16 heavy (non-hydrogen) atoms. The van der Waals surface area contributed by atoms with Gasteiger partial charge in [-0.2, -0.15) is 13.2 Å². The third-order valence-electron chi connectivity index (χ3n) is 3.22. The molecule has 0 bridgehead atoms. The van der Waals surface area contributed by atoms with Gasteiger partial charge < -0.3 is 10.2 Å². The van der Waals surface area contributed by atoms with Gasteiger partial charge in [-0.3, -0.25) is 4.79 Å². The number of rotatable bonds is 2. The minimum atomic E-state index is -4.76. The van der Waals surface area contributed by atoms with Crippen LogP contribution in [0.15, 0.2) is 0 Å². The normalized spacial score (nSPS) is 26.6. The number of amides is 1.